The summed E-state index contributed by atoms with van der Waals surface area (Å²) in [7, 11) is 1.17. The number of fused-ring (bicyclic) bond motifs is 1. The van der Waals surface area contributed by atoms with Gasteiger partial charge in [0.25, 0.3) is 5.69 Å². The molecular formula is C14H13ClN2O5. The SMILES string of the molecule is CCCn1cc(C(=O)OC)c(=O)c2cc([N+](=O)[O-])c(Cl)cc21. The molecule has 0 saturated heterocycles. The highest BCUT2D eigenvalue weighted by Crippen LogP contribution is 2.29. The summed E-state index contributed by atoms with van der Waals surface area (Å²) in [5.74, 6) is -0.783. The van der Waals surface area contributed by atoms with Crippen LogP contribution in [0.4, 0.5) is 5.69 Å². The van der Waals surface area contributed by atoms with Crippen LogP contribution in [-0.2, 0) is 11.3 Å². The van der Waals surface area contributed by atoms with E-state index < -0.39 is 16.3 Å². The lowest BCUT2D eigenvalue weighted by Crippen LogP contribution is -2.20. The van der Waals surface area contributed by atoms with Crippen LogP contribution in [0, 0.1) is 10.1 Å². The molecule has 0 aliphatic heterocycles. The van der Waals surface area contributed by atoms with Crippen molar-refractivity contribution in [2.24, 2.45) is 0 Å². The molecular weight excluding hydrogens is 312 g/mol. The number of carbonyl (C=O) groups is 1. The molecule has 0 aliphatic rings. The summed E-state index contributed by atoms with van der Waals surface area (Å²) in [5, 5.41) is 11.0. The lowest BCUT2D eigenvalue weighted by Gasteiger charge is -2.12. The number of hydrogen-bond acceptors (Lipinski definition) is 5. The fraction of sp³-hybridized carbons (Fsp3) is 0.286. The van der Waals surface area contributed by atoms with Crippen molar-refractivity contribution in [2.45, 2.75) is 19.9 Å². The van der Waals surface area contributed by atoms with E-state index in [1.807, 2.05) is 6.92 Å². The van der Waals surface area contributed by atoms with Crippen LogP contribution < -0.4 is 5.43 Å². The topological polar surface area (TPSA) is 91.4 Å². The number of hydrogen-bond donors (Lipinski definition) is 0. The predicted molar refractivity (Wildman–Crippen MR) is 81.5 cm³/mol. The van der Waals surface area contributed by atoms with Gasteiger partial charge in [-0.25, -0.2) is 4.79 Å². The molecule has 2 rings (SSSR count). The highest BCUT2D eigenvalue weighted by Gasteiger charge is 2.20. The number of aryl methyl sites for hydroxylation is 1. The zero-order valence-electron chi connectivity index (χ0n) is 12.0. The maximum atomic E-state index is 12.4. The van der Waals surface area contributed by atoms with Gasteiger partial charge >= 0.3 is 5.97 Å². The Morgan fingerprint density at radius 2 is 2.14 bits per heavy atom. The molecule has 0 atom stereocenters. The Morgan fingerprint density at radius 1 is 1.45 bits per heavy atom. The van der Waals surface area contributed by atoms with Crippen molar-refractivity contribution < 1.29 is 14.5 Å². The Hall–Kier alpha value is -2.41. The minimum atomic E-state index is -0.783. The molecule has 1 heterocycles. The average Bonchev–Trinajstić information content (AvgIpc) is 2.48. The van der Waals surface area contributed by atoms with Gasteiger partial charge in [-0.3, -0.25) is 14.9 Å². The van der Waals surface area contributed by atoms with E-state index in [1.54, 1.807) is 4.57 Å². The van der Waals surface area contributed by atoms with E-state index in [4.69, 9.17) is 11.6 Å². The normalized spacial score (nSPS) is 10.7. The molecule has 0 amide bonds. The van der Waals surface area contributed by atoms with Crippen molar-refractivity contribution in [1.29, 1.82) is 0 Å². The lowest BCUT2D eigenvalue weighted by atomic mass is 10.1. The number of carbonyl (C=O) groups excluding carboxylic acids is 1. The van der Waals surface area contributed by atoms with Gasteiger partial charge < -0.3 is 9.30 Å². The zero-order chi connectivity index (χ0) is 16.4. The van der Waals surface area contributed by atoms with E-state index in [-0.39, 0.29) is 21.7 Å². The maximum Gasteiger partial charge on any atom is 0.343 e. The molecule has 0 unspecified atom stereocenters. The van der Waals surface area contributed by atoms with E-state index in [0.717, 1.165) is 12.5 Å². The third-order valence-corrected chi connectivity index (χ3v) is 3.52. The monoisotopic (exact) mass is 324 g/mol. The van der Waals surface area contributed by atoms with Gasteiger partial charge in [-0.2, -0.15) is 0 Å². The van der Waals surface area contributed by atoms with Crippen LogP contribution in [-0.4, -0.2) is 22.6 Å². The first-order valence-corrected chi connectivity index (χ1v) is 6.87. The first-order valence-electron chi connectivity index (χ1n) is 6.50. The number of halogens is 1. The Balaban J connectivity index is 2.91. The molecule has 0 fully saturated rings. The molecule has 116 valence electrons. The Morgan fingerprint density at radius 3 is 2.68 bits per heavy atom. The van der Waals surface area contributed by atoms with Crippen molar-refractivity contribution in [2.75, 3.05) is 7.11 Å². The number of esters is 1. The molecule has 0 bridgehead atoms. The van der Waals surface area contributed by atoms with Crippen LogP contribution >= 0.6 is 11.6 Å². The van der Waals surface area contributed by atoms with Crippen LogP contribution in [0.2, 0.25) is 5.02 Å². The standard InChI is InChI=1S/C14H13ClN2O5/c1-3-4-16-7-9(14(19)22-2)13(18)8-5-12(17(20)21)10(15)6-11(8)16/h5-7H,3-4H2,1-2H3. The maximum absolute atomic E-state index is 12.4. The second kappa shape index (κ2) is 6.15. The average molecular weight is 325 g/mol. The van der Waals surface area contributed by atoms with Crippen LogP contribution in [0.25, 0.3) is 10.9 Å². The molecule has 0 N–H and O–H groups in total. The summed E-state index contributed by atoms with van der Waals surface area (Å²) < 4.78 is 6.25. The van der Waals surface area contributed by atoms with E-state index in [0.29, 0.717) is 12.1 Å². The van der Waals surface area contributed by atoms with Gasteiger partial charge in [-0.05, 0) is 12.5 Å². The summed E-state index contributed by atoms with van der Waals surface area (Å²) in [4.78, 5) is 34.4. The predicted octanol–water partition coefficient (Wildman–Crippen LogP) is 2.76. The van der Waals surface area contributed by atoms with Gasteiger partial charge in [0.1, 0.15) is 10.6 Å². The van der Waals surface area contributed by atoms with Crippen LogP contribution in [0.3, 0.4) is 0 Å². The highest BCUT2D eigenvalue weighted by atomic mass is 35.5. The quantitative estimate of drug-likeness (QED) is 0.490. The largest absolute Gasteiger partial charge is 0.465 e. The lowest BCUT2D eigenvalue weighted by molar-refractivity contribution is -0.384. The fourth-order valence-corrected chi connectivity index (χ4v) is 2.45. The Kier molecular flexibility index (Phi) is 4.46. The number of benzene rings is 1. The number of aromatic nitrogens is 1. The Bertz CT molecular complexity index is 828. The number of rotatable bonds is 4. The van der Waals surface area contributed by atoms with Crippen LogP contribution in [0.15, 0.2) is 23.1 Å². The second-order valence-electron chi connectivity index (χ2n) is 4.63. The number of nitro groups is 1. The molecule has 0 radical (unpaired) electrons. The first-order chi connectivity index (χ1) is 10.4. The molecule has 2 aromatic rings. The molecule has 1 aromatic heterocycles. The van der Waals surface area contributed by atoms with Crippen molar-refractivity contribution in [1.82, 2.24) is 4.57 Å². The van der Waals surface area contributed by atoms with E-state index in [9.17, 15) is 19.7 Å². The summed E-state index contributed by atoms with van der Waals surface area (Å²) in [5.41, 5.74) is -0.722. The molecule has 1 aromatic carbocycles. The second-order valence-corrected chi connectivity index (χ2v) is 5.04. The first kappa shape index (κ1) is 16.0. The molecule has 22 heavy (non-hydrogen) atoms. The van der Waals surface area contributed by atoms with Crippen molar-refractivity contribution in [3.63, 3.8) is 0 Å². The van der Waals surface area contributed by atoms with Gasteiger partial charge in [0.15, 0.2) is 0 Å². The van der Waals surface area contributed by atoms with Crippen molar-refractivity contribution in [3.8, 4) is 0 Å². The summed E-state index contributed by atoms with van der Waals surface area (Å²) in [6.07, 6.45) is 2.13. The number of pyridine rings is 1. The third-order valence-electron chi connectivity index (χ3n) is 3.22. The van der Waals surface area contributed by atoms with Gasteiger partial charge in [0.05, 0.1) is 22.9 Å². The van der Waals surface area contributed by atoms with Gasteiger partial charge in [-0.1, -0.05) is 18.5 Å². The number of nitrogens with zero attached hydrogens (tertiary/aromatic N) is 2. The smallest absolute Gasteiger partial charge is 0.343 e. The zero-order valence-corrected chi connectivity index (χ0v) is 12.7. The molecule has 0 spiro atoms. The van der Waals surface area contributed by atoms with Crippen molar-refractivity contribution in [3.05, 3.63) is 49.3 Å². The minimum absolute atomic E-state index is 0.0624. The van der Waals surface area contributed by atoms with E-state index in [2.05, 4.69) is 4.74 Å². The number of ether oxygens (including phenoxy) is 1. The highest BCUT2D eigenvalue weighted by molar-refractivity contribution is 6.33. The van der Waals surface area contributed by atoms with E-state index in [1.165, 1.54) is 19.4 Å². The molecule has 7 nitrogen and oxygen atoms in total. The molecule has 0 saturated carbocycles. The summed E-state index contributed by atoms with van der Waals surface area (Å²) in [6, 6.07) is 2.46. The van der Waals surface area contributed by atoms with Crippen LogP contribution in [0.1, 0.15) is 23.7 Å². The van der Waals surface area contributed by atoms with Gasteiger partial charge in [0, 0.05) is 18.8 Å². The Labute approximate surface area is 130 Å². The summed E-state index contributed by atoms with van der Waals surface area (Å²) >= 11 is 5.90. The molecule has 8 heteroatoms. The summed E-state index contributed by atoms with van der Waals surface area (Å²) in [6.45, 7) is 2.45. The van der Waals surface area contributed by atoms with E-state index >= 15 is 0 Å². The van der Waals surface area contributed by atoms with Gasteiger partial charge in [0.2, 0.25) is 5.43 Å². The minimum Gasteiger partial charge on any atom is -0.465 e. The van der Waals surface area contributed by atoms with Gasteiger partial charge in [-0.15, -0.1) is 0 Å². The fourth-order valence-electron chi connectivity index (χ4n) is 2.22. The number of methoxy groups -OCH3 is 1. The van der Waals surface area contributed by atoms with Crippen LogP contribution in [0.5, 0.6) is 0 Å². The van der Waals surface area contributed by atoms with Crippen molar-refractivity contribution >= 4 is 34.2 Å². The third kappa shape index (κ3) is 2.67. The molecule has 0 aliphatic carbocycles. The number of nitro benzene ring substituents is 1.